The van der Waals surface area contributed by atoms with Crippen molar-refractivity contribution in [2.75, 3.05) is 5.75 Å². The maximum atomic E-state index is 2.39. The van der Waals surface area contributed by atoms with Crippen LogP contribution in [0.4, 0.5) is 0 Å². The second kappa shape index (κ2) is 3.21. The van der Waals surface area contributed by atoms with Gasteiger partial charge in [-0.05, 0) is 23.6 Å². The second-order valence-corrected chi connectivity index (χ2v) is 4.47. The van der Waals surface area contributed by atoms with E-state index in [-0.39, 0.29) is 0 Å². The van der Waals surface area contributed by atoms with E-state index < -0.39 is 0 Å². The van der Waals surface area contributed by atoms with Crippen molar-refractivity contribution in [1.29, 1.82) is 0 Å². The average Bonchev–Trinajstić information content (AvgIpc) is 2.42. The van der Waals surface area contributed by atoms with E-state index in [0.29, 0.717) is 0 Å². The number of rotatable bonds is 0. The number of hydrogen-bond donors (Lipinski definition) is 0. The highest BCUT2D eigenvalue weighted by Gasteiger charge is 2.07. The van der Waals surface area contributed by atoms with Gasteiger partial charge < -0.3 is 4.57 Å². The van der Waals surface area contributed by atoms with E-state index in [4.69, 9.17) is 0 Å². The summed E-state index contributed by atoms with van der Waals surface area (Å²) in [5.41, 5.74) is 2.69. The van der Waals surface area contributed by atoms with Crippen molar-refractivity contribution in [2.45, 2.75) is 6.54 Å². The average molecular weight is 201 g/mol. The molecule has 0 amide bonds. The lowest BCUT2D eigenvalue weighted by atomic mass is 10.2. The Labute approximate surface area is 87.4 Å². The molecule has 0 saturated heterocycles. The highest BCUT2D eigenvalue weighted by atomic mass is 32.2. The van der Waals surface area contributed by atoms with Gasteiger partial charge in [0.05, 0.1) is 0 Å². The first kappa shape index (κ1) is 8.18. The van der Waals surface area contributed by atoms with Crippen molar-refractivity contribution in [2.24, 2.45) is 0 Å². The molecule has 2 heterocycles. The van der Waals surface area contributed by atoms with Crippen molar-refractivity contribution in [3.05, 3.63) is 41.4 Å². The number of para-hydroxylation sites is 1. The molecule has 0 spiro atoms. The molecule has 3 rings (SSSR count). The molecule has 2 aromatic rings. The molecule has 1 aliphatic rings. The van der Waals surface area contributed by atoms with Gasteiger partial charge in [-0.2, -0.15) is 0 Å². The number of hydrogen-bond acceptors (Lipinski definition) is 1. The van der Waals surface area contributed by atoms with E-state index >= 15 is 0 Å². The fraction of sp³-hybridized carbons (Fsp3) is 0.167. The van der Waals surface area contributed by atoms with Crippen LogP contribution in [-0.2, 0) is 6.54 Å². The molecule has 0 unspecified atom stereocenters. The molecule has 0 radical (unpaired) electrons. The summed E-state index contributed by atoms with van der Waals surface area (Å²) in [6.45, 7) is 1.11. The topological polar surface area (TPSA) is 4.93 Å². The number of benzene rings is 1. The van der Waals surface area contributed by atoms with Gasteiger partial charge in [-0.1, -0.05) is 18.2 Å². The molecule has 1 aromatic carbocycles. The summed E-state index contributed by atoms with van der Waals surface area (Å²) in [6.07, 6.45) is 2.21. The normalized spacial score (nSPS) is 15.4. The van der Waals surface area contributed by atoms with E-state index in [2.05, 4.69) is 46.4 Å². The number of thioether (sulfide) groups is 1. The van der Waals surface area contributed by atoms with Crippen LogP contribution in [0.2, 0.25) is 0 Å². The van der Waals surface area contributed by atoms with Gasteiger partial charge in [0.2, 0.25) is 0 Å². The Hall–Kier alpha value is -1.15. The van der Waals surface area contributed by atoms with Gasteiger partial charge in [-0.25, -0.2) is 0 Å². The summed E-state index contributed by atoms with van der Waals surface area (Å²) in [6, 6.07) is 10.8. The summed E-state index contributed by atoms with van der Waals surface area (Å²) in [7, 11) is 0. The Kier molecular flexibility index (Phi) is 1.88. The van der Waals surface area contributed by atoms with Crippen LogP contribution in [-0.4, -0.2) is 10.3 Å². The van der Waals surface area contributed by atoms with E-state index in [0.717, 1.165) is 6.54 Å². The van der Waals surface area contributed by atoms with Crippen LogP contribution >= 0.6 is 11.8 Å². The zero-order valence-corrected chi connectivity index (χ0v) is 8.63. The zero-order valence-electron chi connectivity index (χ0n) is 7.81. The van der Waals surface area contributed by atoms with Gasteiger partial charge in [0, 0.05) is 28.9 Å². The molecule has 1 aliphatic heterocycles. The number of aryl methyl sites for hydroxylation is 1. The minimum Gasteiger partial charge on any atom is -0.340 e. The minimum absolute atomic E-state index is 1.11. The summed E-state index contributed by atoms with van der Waals surface area (Å²) in [5.74, 6) is 1.17. The van der Waals surface area contributed by atoms with Gasteiger partial charge in [-0.15, -0.1) is 11.8 Å². The fourth-order valence-electron chi connectivity index (χ4n) is 1.95. The van der Waals surface area contributed by atoms with Crippen molar-refractivity contribution >= 4 is 28.7 Å². The number of aromatic nitrogens is 1. The number of fused-ring (bicyclic) bond motifs is 3. The Morgan fingerprint density at radius 3 is 3.14 bits per heavy atom. The van der Waals surface area contributed by atoms with E-state index in [1.54, 1.807) is 0 Å². The summed E-state index contributed by atoms with van der Waals surface area (Å²) < 4.78 is 2.39. The van der Waals surface area contributed by atoms with E-state index in [1.807, 2.05) is 11.8 Å². The SMILES string of the molecule is C1=Cc2cc3ccccc3n2CCS1. The Bertz CT molecular complexity index is 496. The summed E-state index contributed by atoms with van der Waals surface area (Å²) in [5, 5.41) is 3.54. The molecule has 0 saturated carbocycles. The molecule has 0 atom stereocenters. The third-order valence-corrected chi connectivity index (χ3v) is 3.36. The molecule has 2 heteroatoms. The molecule has 70 valence electrons. The minimum atomic E-state index is 1.11. The van der Waals surface area contributed by atoms with Gasteiger partial charge in [0.15, 0.2) is 0 Å². The highest BCUT2D eigenvalue weighted by Crippen LogP contribution is 2.24. The smallest absolute Gasteiger partial charge is 0.0485 e. The van der Waals surface area contributed by atoms with Gasteiger partial charge >= 0.3 is 0 Å². The first-order valence-corrected chi connectivity index (χ1v) is 5.86. The first-order valence-electron chi connectivity index (χ1n) is 4.81. The quantitative estimate of drug-likeness (QED) is 0.632. The largest absolute Gasteiger partial charge is 0.340 e. The maximum absolute atomic E-state index is 2.39. The van der Waals surface area contributed by atoms with Crippen LogP contribution in [0.25, 0.3) is 17.0 Å². The Morgan fingerprint density at radius 2 is 2.14 bits per heavy atom. The van der Waals surface area contributed by atoms with Crippen LogP contribution in [0, 0.1) is 0 Å². The van der Waals surface area contributed by atoms with Gasteiger partial charge in [0.25, 0.3) is 0 Å². The second-order valence-electron chi connectivity index (χ2n) is 3.45. The lowest BCUT2D eigenvalue weighted by molar-refractivity contribution is 0.802. The van der Waals surface area contributed by atoms with Crippen LogP contribution in [0.1, 0.15) is 5.69 Å². The van der Waals surface area contributed by atoms with Crippen molar-refractivity contribution in [1.82, 2.24) is 4.57 Å². The van der Waals surface area contributed by atoms with Crippen LogP contribution in [0.3, 0.4) is 0 Å². The van der Waals surface area contributed by atoms with Crippen molar-refractivity contribution in [3.63, 3.8) is 0 Å². The lowest BCUT2D eigenvalue weighted by Crippen LogP contribution is -1.99. The standard InChI is InChI=1S/C12H11NS/c1-2-4-12-10(3-1)9-11-5-7-14-8-6-13(11)12/h1-5,7,9H,6,8H2. The maximum Gasteiger partial charge on any atom is 0.0485 e. The van der Waals surface area contributed by atoms with Crippen LogP contribution in [0.5, 0.6) is 0 Å². The molecule has 1 nitrogen and oxygen atoms in total. The third-order valence-electron chi connectivity index (χ3n) is 2.61. The predicted molar refractivity (Wildman–Crippen MR) is 63.4 cm³/mol. The highest BCUT2D eigenvalue weighted by molar-refractivity contribution is 8.02. The van der Waals surface area contributed by atoms with Gasteiger partial charge in [0.1, 0.15) is 0 Å². The Balaban J connectivity index is 2.33. The molecule has 0 fully saturated rings. The summed E-state index contributed by atoms with van der Waals surface area (Å²) in [4.78, 5) is 0. The number of nitrogens with zero attached hydrogens (tertiary/aromatic N) is 1. The Morgan fingerprint density at radius 1 is 1.21 bits per heavy atom. The monoisotopic (exact) mass is 201 g/mol. The first-order chi connectivity index (χ1) is 6.95. The zero-order chi connectivity index (χ0) is 9.38. The lowest BCUT2D eigenvalue weighted by Gasteiger charge is -2.04. The van der Waals surface area contributed by atoms with E-state index in [1.165, 1.54) is 22.3 Å². The molecule has 0 aliphatic carbocycles. The summed E-state index contributed by atoms with van der Waals surface area (Å²) >= 11 is 1.88. The molecule has 1 aromatic heterocycles. The molecule has 0 bridgehead atoms. The van der Waals surface area contributed by atoms with Gasteiger partial charge in [-0.3, -0.25) is 0 Å². The van der Waals surface area contributed by atoms with E-state index in [9.17, 15) is 0 Å². The van der Waals surface area contributed by atoms with Crippen LogP contribution in [0.15, 0.2) is 35.7 Å². The molecule has 14 heavy (non-hydrogen) atoms. The fourth-order valence-corrected chi connectivity index (χ4v) is 2.61. The molecular formula is C12H11NS. The van der Waals surface area contributed by atoms with Crippen LogP contribution < -0.4 is 0 Å². The molecule has 0 N–H and O–H groups in total. The predicted octanol–water partition coefficient (Wildman–Crippen LogP) is 3.36. The third kappa shape index (κ3) is 1.18. The van der Waals surface area contributed by atoms with Crippen molar-refractivity contribution in [3.8, 4) is 0 Å². The van der Waals surface area contributed by atoms with Crippen molar-refractivity contribution < 1.29 is 0 Å². The molecular weight excluding hydrogens is 190 g/mol.